The Labute approximate surface area is 162 Å². The standard InChI is InChI=1S/C22H19FN4O/c1-14-10-16(6-8-20(14)26-12-17-4-2-3-9-24-17)25-13-19-18-7-5-15(23)11-21(18)27-22(19)28/h2-11,13,25-26H,12H2,1H3,(H,27,28)/b19-13+. The molecule has 3 N–H and O–H groups in total. The number of amides is 1. The van der Waals surface area contributed by atoms with Gasteiger partial charge in [-0.05, 0) is 61.0 Å². The van der Waals surface area contributed by atoms with E-state index in [0.29, 0.717) is 23.4 Å². The molecule has 5 nitrogen and oxygen atoms in total. The van der Waals surface area contributed by atoms with Gasteiger partial charge in [0.25, 0.3) is 5.91 Å². The summed E-state index contributed by atoms with van der Waals surface area (Å²) >= 11 is 0. The third kappa shape index (κ3) is 3.71. The second-order valence-electron chi connectivity index (χ2n) is 6.55. The number of fused-ring (bicyclic) bond motifs is 1. The maximum atomic E-state index is 13.3. The number of carbonyl (C=O) groups excluding carboxylic acids is 1. The lowest BCUT2D eigenvalue weighted by molar-refractivity contribution is -0.110. The number of aromatic nitrogens is 1. The zero-order valence-electron chi connectivity index (χ0n) is 15.3. The number of nitrogens with zero attached hydrogens (tertiary/aromatic N) is 1. The van der Waals surface area contributed by atoms with Crippen LogP contribution in [0.5, 0.6) is 0 Å². The third-order valence-corrected chi connectivity index (χ3v) is 4.56. The molecule has 0 bridgehead atoms. The van der Waals surface area contributed by atoms with Gasteiger partial charge in [-0.15, -0.1) is 0 Å². The molecule has 1 aliphatic rings. The Hall–Kier alpha value is -3.67. The van der Waals surface area contributed by atoms with E-state index in [9.17, 15) is 9.18 Å². The van der Waals surface area contributed by atoms with Crippen LogP contribution in [0.1, 0.15) is 16.8 Å². The van der Waals surface area contributed by atoms with Gasteiger partial charge in [-0.1, -0.05) is 6.07 Å². The average Bonchev–Trinajstić information content (AvgIpc) is 3.00. The van der Waals surface area contributed by atoms with Crippen molar-refractivity contribution in [2.75, 3.05) is 16.0 Å². The Morgan fingerprint density at radius 2 is 2.04 bits per heavy atom. The molecule has 28 heavy (non-hydrogen) atoms. The summed E-state index contributed by atoms with van der Waals surface area (Å²) in [5, 5.41) is 9.21. The predicted molar refractivity (Wildman–Crippen MR) is 109 cm³/mol. The van der Waals surface area contributed by atoms with Crippen LogP contribution < -0.4 is 16.0 Å². The number of nitrogens with one attached hydrogen (secondary N) is 3. The average molecular weight is 374 g/mol. The lowest BCUT2D eigenvalue weighted by atomic mass is 10.1. The van der Waals surface area contributed by atoms with Crippen LogP contribution in [-0.2, 0) is 11.3 Å². The smallest absolute Gasteiger partial charge is 0.257 e. The van der Waals surface area contributed by atoms with E-state index in [0.717, 1.165) is 22.6 Å². The van der Waals surface area contributed by atoms with E-state index < -0.39 is 0 Å². The SMILES string of the molecule is Cc1cc(N/C=C2/C(=O)Nc3cc(F)ccc32)ccc1NCc1ccccn1. The van der Waals surface area contributed by atoms with E-state index in [2.05, 4.69) is 20.9 Å². The summed E-state index contributed by atoms with van der Waals surface area (Å²) < 4.78 is 13.3. The molecular formula is C22H19FN4O. The van der Waals surface area contributed by atoms with Crippen LogP contribution in [0, 0.1) is 12.7 Å². The van der Waals surface area contributed by atoms with Crippen molar-refractivity contribution in [3.63, 3.8) is 0 Å². The number of anilines is 3. The van der Waals surface area contributed by atoms with Gasteiger partial charge in [0, 0.05) is 29.3 Å². The molecule has 0 saturated carbocycles. The topological polar surface area (TPSA) is 66.1 Å². The largest absolute Gasteiger partial charge is 0.379 e. The fourth-order valence-electron chi connectivity index (χ4n) is 3.11. The van der Waals surface area contributed by atoms with Crippen molar-refractivity contribution in [3.8, 4) is 0 Å². The lowest BCUT2D eigenvalue weighted by Crippen LogP contribution is -2.05. The molecule has 140 valence electrons. The number of benzene rings is 2. The van der Waals surface area contributed by atoms with Crippen molar-refractivity contribution < 1.29 is 9.18 Å². The molecule has 1 amide bonds. The minimum absolute atomic E-state index is 0.251. The second kappa shape index (κ2) is 7.52. The molecule has 6 heteroatoms. The molecule has 0 saturated heterocycles. The van der Waals surface area contributed by atoms with Gasteiger partial charge in [-0.2, -0.15) is 0 Å². The molecule has 1 aliphatic heterocycles. The van der Waals surface area contributed by atoms with E-state index in [1.165, 1.54) is 12.1 Å². The van der Waals surface area contributed by atoms with E-state index in [1.807, 2.05) is 43.3 Å². The van der Waals surface area contributed by atoms with Crippen LogP contribution in [0.3, 0.4) is 0 Å². The van der Waals surface area contributed by atoms with Crippen LogP contribution in [0.2, 0.25) is 0 Å². The van der Waals surface area contributed by atoms with Crippen molar-refractivity contribution in [1.29, 1.82) is 0 Å². The first-order valence-electron chi connectivity index (χ1n) is 8.92. The Balaban J connectivity index is 1.47. The fraction of sp³-hybridized carbons (Fsp3) is 0.0909. The van der Waals surface area contributed by atoms with Crippen molar-refractivity contribution in [1.82, 2.24) is 4.98 Å². The number of hydrogen-bond donors (Lipinski definition) is 3. The number of pyridine rings is 1. The van der Waals surface area contributed by atoms with Gasteiger partial charge in [0.15, 0.2) is 0 Å². The lowest BCUT2D eigenvalue weighted by Gasteiger charge is -2.11. The first-order chi connectivity index (χ1) is 13.6. The summed E-state index contributed by atoms with van der Waals surface area (Å²) in [4.78, 5) is 16.4. The summed E-state index contributed by atoms with van der Waals surface area (Å²) in [5.41, 5.74) is 5.56. The fourth-order valence-corrected chi connectivity index (χ4v) is 3.11. The van der Waals surface area contributed by atoms with Gasteiger partial charge in [0.2, 0.25) is 0 Å². The Morgan fingerprint density at radius 3 is 2.82 bits per heavy atom. The van der Waals surface area contributed by atoms with E-state index in [-0.39, 0.29) is 11.7 Å². The highest BCUT2D eigenvalue weighted by molar-refractivity contribution is 6.31. The zero-order valence-corrected chi connectivity index (χ0v) is 15.3. The minimum atomic E-state index is -0.377. The van der Waals surface area contributed by atoms with E-state index in [4.69, 9.17) is 0 Å². The highest BCUT2D eigenvalue weighted by atomic mass is 19.1. The van der Waals surface area contributed by atoms with Gasteiger partial charge >= 0.3 is 0 Å². The monoisotopic (exact) mass is 374 g/mol. The van der Waals surface area contributed by atoms with Gasteiger partial charge in [0.05, 0.1) is 23.5 Å². The summed E-state index contributed by atoms with van der Waals surface area (Å²) in [6.45, 7) is 2.66. The molecule has 0 aliphatic carbocycles. The van der Waals surface area contributed by atoms with Gasteiger partial charge in [0.1, 0.15) is 5.82 Å². The quantitative estimate of drug-likeness (QED) is 0.574. The number of carbonyl (C=O) groups is 1. The molecule has 2 heterocycles. The van der Waals surface area contributed by atoms with Crippen molar-refractivity contribution in [3.05, 3.63) is 89.6 Å². The van der Waals surface area contributed by atoms with Crippen LogP contribution in [0.15, 0.2) is 67.0 Å². The Morgan fingerprint density at radius 1 is 1.14 bits per heavy atom. The molecule has 4 rings (SSSR count). The molecule has 0 spiro atoms. The number of hydrogen-bond acceptors (Lipinski definition) is 4. The van der Waals surface area contributed by atoms with Crippen molar-refractivity contribution in [2.24, 2.45) is 0 Å². The van der Waals surface area contributed by atoms with Crippen LogP contribution in [0.25, 0.3) is 5.57 Å². The van der Waals surface area contributed by atoms with Crippen molar-refractivity contribution in [2.45, 2.75) is 13.5 Å². The summed E-state index contributed by atoms with van der Waals surface area (Å²) in [7, 11) is 0. The highest BCUT2D eigenvalue weighted by Gasteiger charge is 2.24. The second-order valence-corrected chi connectivity index (χ2v) is 6.55. The minimum Gasteiger partial charge on any atom is -0.379 e. The summed E-state index contributed by atoms with van der Waals surface area (Å²) in [5.74, 6) is -0.629. The number of halogens is 1. The summed E-state index contributed by atoms with van der Waals surface area (Å²) in [6.07, 6.45) is 3.42. The van der Waals surface area contributed by atoms with Crippen molar-refractivity contribution >= 4 is 28.5 Å². The maximum absolute atomic E-state index is 13.3. The van der Waals surface area contributed by atoms with Gasteiger partial charge in [-0.25, -0.2) is 4.39 Å². The molecule has 0 atom stereocenters. The van der Waals surface area contributed by atoms with Crippen LogP contribution >= 0.6 is 0 Å². The molecule has 0 unspecified atom stereocenters. The van der Waals surface area contributed by atoms with Gasteiger partial charge in [-0.3, -0.25) is 9.78 Å². The third-order valence-electron chi connectivity index (χ3n) is 4.56. The Bertz CT molecular complexity index is 1060. The number of rotatable bonds is 5. The first kappa shape index (κ1) is 17.7. The Kier molecular flexibility index (Phi) is 4.76. The molecule has 3 aromatic rings. The molecule has 2 aromatic carbocycles. The summed E-state index contributed by atoms with van der Waals surface area (Å²) in [6, 6.07) is 16.0. The molecule has 0 fully saturated rings. The van der Waals surface area contributed by atoms with Crippen LogP contribution in [0.4, 0.5) is 21.5 Å². The zero-order chi connectivity index (χ0) is 19.5. The maximum Gasteiger partial charge on any atom is 0.257 e. The van der Waals surface area contributed by atoms with E-state index in [1.54, 1.807) is 18.5 Å². The highest BCUT2D eigenvalue weighted by Crippen LogP contribution is 2.32. The van der Waals surface area contributed by atoms with Crippen LogP contribution in [-0.4, -0.2) is 10.9 Å². The predicted octanol–water partition coefficient (Wildman–Crippen LogP) is 4.55. The molecule has 1 aromatic heterocycles. The first-order valence-corrected chi connectivity index (χ1v) is 8.92. The van der Waals surface area contributed by atoms with E-state index >= 15 is 0 Å². The molecular weight excluding hydrogens is 355 g/mol. The molecule has 0 radical (unpaired) electrons. The number of aryl methyl sites for hydroxylation is 1. The normalized spacial score (nSPS) is 13.9. The van der Waals surface area contributed by atoms with Gasteiger partial charge < -0.3 is 16.0 Å².